The van der Waals surface area contributed by atoms with E-state index in [9.17, 15) is 9.59 Å². The second-order valence-electron chi connectivity index (χ2n) is 15.2. The second kappa shape index (κ2) is 15.6. The summed E-state index contributed by atoms with van der Waals surface area (Å²) in [4.78, 5) is 34.8. The van der Waals surface area contributed by atoms with Crippen LogP contribution in [0.1, 0.15) is 92.7 Å². The summed E-state index contributed by atoms with van der Waals surface area (Å²) in [6, 6.07) is 0.292. The molecule has 45 heavy (non-hydrogen) atoms. The van der Waals surface area contributed by atoms with Crippen LogP contribution < -0.4 is 0 Å². The van der Waals surface area contributed by atoms with Crippen molar-refractivity contribution < 1.29 is 19.1 Å². The minimum Gasteiger partial charge on any atom is -0.458 e. The van der Waals surface area contributed by atoms with Gasteiger partial charge in [-0.15, -0.1) is 22.8 Å². The quantitative estimate of drug-likeness (QED) is 0.0988. The summed E-state index contributed by atoms with van der Waals surface area (Å²) in [5, 5.41) is 2.05. The predicted molar refractivity (Wildman–Crippen MR) is 192 cm³/mol. The van der Waals surface area contributed by atoms with E-state index in [1.54, 1.807) is 30.2 Å². The Hall–Kier alpha value is -1.44. The molecular weight excluding hydrogens is 617 g/mol. The van der Waals surface area contributed by atoms with Gasteiger partial charge in [0.05, 0.1) is 23.6 Å². The van der Waals surface area contributed by atoms with Gasteiger partial charge >= 0.3 is 5.97 Å². The number of thiazole rings is 1. The maximum absolute atomic E-state index is 13.9. The number of nitrogens with zero attached hydrogens (tertiary/aromatic N) is 2. The number of rotatable bonds is 6. The lowest BCUT2D eigenvalue weighted by Crippen LogP contribution is -2.45. The average Bonchev–Trinajstić information content (AvgIpc) is 3.26. The zero-order chi connectivity index (χ0) is 33.7. The molecule has 0 bridgehead atoms. The number of thioether (sulfide) groups is 1. The molecule has 0 saturated carbocycles. The minimum atomic E-state index is -1.43. The summed E-state index contributed by atoms with van der Waals surface area (Å²) in [6.07, 6.45) is 7.95. The monoisotopic (exact) mass is 674 g/mol. The summed E-state index contributed by atoms with van der Waals surface area (Å²) >= 11 is 3.25. The van der Waals surface area contributed by atoms with Gasteiger partial charge < -0.3 is 9.47 Å². The van der Waals surface area contributed by atoms with Gasteiger partial charge in [-0.1, -0.05) is 78.9 Å². The third kappa shape index (κ3) is 9.79. The van der Waals surface area contributed by atoms with Crippen molar-refractivity contribution in [2.45, 2.75) is 135 Å². The van der Waals surface area contributed by atoms with Gasteiger partial charge in [-0.05, 0) is 50.0 Å². The highest BCUT2D eigenvalue weighted by Gasteiger charge is 2.58. The van der Waals surface area contributed by atoms with Crippen molar-refractivity contribution >= 4 is 49.0 Å². The van der Waals surface area contributed by atoms with Gasteiger partial charge in [0.1, 0.15) is 24.3 Å². The number of ether oxygens (including phenoxy) is 2. The topological polar surface area (TPSA) is 68.5 Å². The van der Waals surface area contributed by atoms with Crippen LogP contribution in [-0.4, -0.2) is 73.4 Å². The van der Waals surface area contributed by atoms with Gasteiger partial charge in [-0.2, -0.15) is 0 Å². The standard InChI is InChI=1S/C36H58N2O4S2Si/c1-24-16-15-17-36(7)30(38(36)18-13-14-19-45(10,11)12)21-29(25(2)20-28-23-44-34(37-28)43-9)42-32(39)22-31(41-8)35(5,6)33(40)27(4)26(24)3/h20,23-24,26-27,29-31H,13,15-18,21-22H2,1-12H3/b25-20+/t24-,26-,27+,29-,30-,31-,36+,38?/m0/s1. The Morgan fingerprint density at radius 2 is 1.93 bits per heavy atom. The fourth-order valence-corrected chi connectivity index (χ4v) is 8.87. The smallest absolute Gasteiger partial charge is 0.309 e. The number of esters is 1. The zero-order valence-corrected chi connectivity index (χ0v) is 32.5. The minimum absolute atomic E-state index is 0.0247. The molecule has 0 spiro atoms. The molecule has 3 rings (SSSR count). The average molecular weight is 675 g/mol. The van der Waals surface area contributed by atoms with Gasteiger partial charge in [-0.3, -0.25) is 14.5 Å². The third-order valence-corrected chi connectivity index (χ3v) is 13.2. The van der Waals surface area contributed by atoms with Gasteiger partial charge in [0.2, 0.25) is 0 Å². The summed E-state index contributed by atoms with van der Waals surface area (Å²) in [5.74, 6) is 3.80. The Kier molecular flexibility index (Phi) is 13.2. The van der Waals surface area contributed by atoms with Crippen LogP contribution in [0, 0.1) is 34.6 Å². The van der Waals surface area contributed by atoms with Crippen LogP contribution >= 0.6 is 23.1 Å². The van der Waals surface area contributed by atoms with E-state index in [2.05, 4.69) is 68.2 Å². The van der Waals surface area contributed by atoms with Crippen molar-refractivity contribution in [2.24, 2.45) is 23.2 Å². The van der Waals surface area contributed by atoms with Gasteiger partial charge in [-0.25, -0.2) is 4.98 Å². The number of ketones is 1. The number of hydrogen-bond acceptors (Lipinski definition) is 8. The molecule has 0 amide bonds. The van der Waals surface area contributed by atoms with Crippen LogP contribution in [0.2, 0.25) is 19.6 Å². The molecule has 6 nitrogen and oxygen atoms in total. The van der Waals surface area contributed by atoms with Crippen molar-refractivity contribution in [3.63, 3.8) is 0 Å². The molecule has 2 aliphatic rings. The lowest BCUT2D eigenvalue weighted by atomic mass is 9.70. The Bertz CT molecular complexity index is 1280. The fraction of sp³-hybridized carbons (Fsp3) is 0.750. The largest absolute Gasteiger partial charge is 0.458 e. The Balaban J connectivity index is 1.97. The SMILES string of the molecule is CO[C@H]1CC(=O)O[C@H](/C(C)=C/c2csc(SC)n2)C[C@@H]2N(CCC#C[Si](C)(C)C)[C@]2(C)CCC[C@H](C)[C@H](C)[C@@H](C)C(=O)C1(C)C. The molecule has 0 aliphatic carbocycles. The van der Waals surface area contributed by atoms with Gasteiger partial charge in [0.25, 0.3) is 0 Å². The molecule has 0 aromatic carbocycles. The van der Waals surface area contributed by atoms with E-state index < -0.39 is 25.7 Å². The number of fused-ring (bicyclic) bond motifs is 1. The maximum atomic E-state index is 13.9. The van der Waals surface area contributed by atoms with Crippen LogP contribution in [0.5, 0.6) is 0 Å². The van der Waals surface area contributed by atoms with E-state index in [0.29, 0.717) is 18.4 Å². The molecule has 9 heteroatoms. The molecule has 1 unspecified atom stereocenters. The molecule has 8 atom stereocenters. The number of carbonyl (C=O) groups is 2. The van der Waals surface area contributed by atoms with Crippen LogP contribution in [0.15, 0.2) is 15.3 Å². The normalized spacial score (nSPS) is 33.5. The van der Waals surface area contributed by atoms with E-state index in [4.69, 9.17) is 14.5 Å². The summed E-state index contributed by atoms with van der Waals surface area (Å²) in [5.41, 5.74) is 4.60. The van der Waals surface area contributed by atoms with Crippen molar-refractivity contribution in [1.82, 2.24) is 9.88 Å². The van der Waals surface area contributed by atoms with Crippen LogP contribution in [-0.2, 0) is 19.1 Å². The maximum Gasteiger partial charge on any atom is 0.309 e. The van der Waals surface area contributed by atoms with E-state index in [1.807, 2.05) is 34.0 Å². The number of carbonyl (C=O) groups excluding carboxylic acids is 2. The summed E-state index contributed by atoms with van der Waals surface area (Å²) < 4.78 is 13.2. The molecule has 0 radical (unpaired) electrons. The van der Waals surface area contributed by atoms with Crippen molar-refractivity contribution in [2.75, 3.05) is 19.9 Å². The first-order chi connectivity index (χ1) is 20.9. The predicted octanol–water partition coefficient (Wildman–Crippen LogP) is 8.38. The molecule has 3 heterocycles. The number of cyclic esters (lactones) is 1. The van der Waals surface area contributed by atoms with E-state index in [-0.39, 0.29) is 35.5 Å². The van der Waals surface area contributed by atoms with Gasteiger partial charge in [0, 0.05) is 49.4 Å². The number of methoxy groups -OCH3 is 1. The molecule has 2 aliphatic heterocycles. The molecule has 2 fully saturated rings. The summed E-state index contributed by atoms with van der Waals surface area (Å²) in [7, 11) is 0.167. The first kappa shape index (κ1) is 38.0. The van der Waals surface area contributed by atoms with Crippen LogP contribution in [0.4, 0.5) is 0 Å². The Labute approximate surface area is 282 Å². The highest BCUT2D eigenvalue weighted by molar-refractivity contribution is 8.00. The first-order valence-electron chi connectivity index (χ1n) is 16.7. The molecule has 1 aromatic heterocycles. The molecule has 1 aromatic rings. The Morgan fingerprint density at radius 3 is 2.53 bits per heavy atom. The van der Waals surface area contributed by atoms with Crippen molar-refractivity contribution in [1.29, 1.82) is 0 Å². The number of aromatic nitrogens is 1. The molecule has 252 valence electrons. The fourth-order valence-electron chi connectivity index (χ4n) is 6.98. The number of hydrogen-bond donors (Lipinski definition) is 0. The highest BCUT2D eigenvalue weighted by atomic mass is 32.2. The summed E-state index contributed by atoms with van der Waals surface area (Å²) in [6.45, 7) is 22.6. The first-order valence-corrected chi connectivity index (χ1v) is 22.3. The van der Waals surface area contributed by atoms with Crippen LogP contribution in [0.3, 0.4) is 0 Å². The molecular formula is C36H58N2O4S2Si. The van der Waals surface area contributed by atoms with E-state index in [0.717, 1.165) is 47.8 Å². The third-order valence-electron chi connectivity index (χ3n) is 10.4. The Morgan fingerprint density at radius 1 is 1.24 bits per heavy atom. The van der Waals surface area contributed by atoms with E-state index in [1.165, 1.54) is 0 Å². The molecule has 2 saturated heterocycles. The zero-order valence-electron chi connectivity index (χ0n) is 29.9. The van der Waals surface area contributed by atoms with Crippen molar-refractivity contribution in [3.05, 3.63) is 16.6 Å². The van der Waals surface area contributed by atoms with Crippen LogP contribution in [0.25, 0.3) is 6.08 Å². The second-order valence-corrected chi connectivity index (χ2v) is 21.9. The number of Topliss-reactive ketones (excluding diaryl/α,β-unsaturated/α-hetero) is 1. The van der Waals surface area contributed by atoms with E-state index >= 15 is 0 Å². The molecule has 0 N–H and O–H groups in total. The van der Waals surface area contributed by atoms with Gasteiger partial charge in [0.15, 0.2) is 0 Å². The van der Waals surface area contributed by atoms with Crippen molar-refractivity contribution in [3.8, 4) is 11.5 Å². The lowest BCUT2D eigenvalue weighted by molar-refractivity contribution is -0.155. The highest BCUT2D eigenvalue weighted by Crippen LogP contribution is 2.49. The lowest BCUT2D eigenvalue weighted by Gasteiger charge is -2.36.